The van der Waals surface area contributed by atoms with E-state index in [1.165, 1.54) is 102 Å². The number of nitrogens with two attached hydrogens (primary N) is 1. The molecule has 0 atom stereocenters. The number of nitrogens with one attached hydrogen (secondary N) is 1. The van der Waals surface area contributed by atoms with Crippen LogP contribution in [0.1, 0.15) is 213 Å². The molecule has 0 radical (unpaired) electrons. The molecule has 0 aliphatic rings. The van der Waals surface area contributed by atoms with Gasteiger partial charge in [0.1, 0.15) is 12.4 Å². The normalized spacial score (nSPS) is 11.4. The highest BCUT2D eigenvalue weighted by molar-refractivity contribution is 7.52. The summed E-state index contributed by atoms with van der Waals surface area (Å²) in [6, 6.07) is 0. The van der Waals surface area contributed by atoms with Gasteiger partial charge in [0.25, 0.3) is 5.82 Å². The SMILES string of the molecule is CCCCCCCC/C=C\CCCCCCCC(=O)OP(N)(=O)OC(=O)CCCCCCC/C=C\CCCCCCCC.CCC[n+]1cc[nH]c1C.[I-]. The molecular formula is C43H81IN3O5P. The van der Waals surface area contributed by atoms with Crippen molar-refractivity contribution in [2.24, 2.45) is 5.50 Å². The van der Waals surface area contributed by atoms with Crippen molar-refractivity contribution in [2.75, 3.05) is 0 Å². The number of hydrogen-bond acceptors (Lipinski definition) is 5. The van der Waals surface area contributed by atoms with Crippen LogP contribution in [0.2, 0.25) is 0 Å². The highest BCUT2D eigenvalue weighted by Crippen LogP contribution is 2.40. The molecule has 1 rings (SSSR count). The molecular weight excluding hydrogens is 796 g/mol. The summed E-state index contributed by atoms with van der Waals surface area (Å²) in [5.41, 5.74) is 5.49. The van der Waals surface area contributed by atoms with Gasteiger partial charge in [-0.2, -0.15) is 0 Å². The fourth-order valence-corrected chi connectivity index (χ4v) is 6.79. The van der Waals surface area contributed by atoms with Crippen LogP contribution in [-0.2, 0) is 29.7 Å². The highest BCUT2D eigenvalue weighted by atomic mass is 127. The molecule has 0 saturated carbocycles. The minimum atomic E-state index is -4.20. The molecule has 1 aromatic rings. The lowest BCUT2D eigenvalue weighted by Crippen LogP contribution is -3.00. The highest BCUT2D eigenvalue weighted by Gasteiger charge is 2.27. The minimum absolute atomic E-state index is 0. The predicted molar refractivity (Wildman–Crippen MR) is 219 cm³/mol. The van der Waals surface area contributed by atoms with E-state index in [1.807, 2.05) is 6.20 Å². The second-order valence-electron chi connectivity index (χ2n) is 14.4. The first-order chi connectivity index (χ1) is 25.3. The van der Waals surface area contributed by atoms with Crippen molar-refractivity contribution in [2.45, 2.75) is 220 Å². The fourth-order valence-electron chi connectivity index (χ4n) is 6.00. The molecule has 310 valence electrons. The number of aromatic nitrogens is 2. The Labute approximate surface area is 343 Å². The molecule has 0 fully saturated rings. The summed E-state index contributed by atoms with van der Waals surface area (Å²) in [4.78, 5) is 27.1. The summed E-state index contributed by atoms with van der Waals surface area (Å²) in [6.07, 6.45) is 45.1. The van der Waals surface area contributed by atoms with Gasteiger partial charge in [-0.15, -0.1) is 0 Å². The van der Waals surface area contributed by atoms with Crippen LogP contribution in [0.25, 0.3) is 0 Å². The lowest BCUT2D eigenvalue weighted by molar-refractivity contribution is -0.701. The zero-order valence-corrected chi connectivity index (χ0v) is 37.6. The Morgan fingerprint density at radius 3 is 1.26 bits per heavy atom. The molecule has 0 amide bonds. The van der Waals surface area contributed by atoms with Gasteiger partial charge in [0.2, 0.25) is 0 Å². The second kappa shape index (κ2) is 40.2. The molecule has 0 bridgehead atoms. The number of nitrogens with zero attached hydrogens (tertiary/aromatic N) is 1. The molecule has 10 heteroatoms. The first kappa shape index (κ1) is 53.7. The monoisotopic (exact) mass is 877 g/mol. The maximum Gasteiger partial charge on any atom is 0.514 e. The Kier molecular flexibility index (Phi) is 40.7. The van der Waals surface area contributed by atoms with Crippen LogP contribution in [-0.4, -0.2) is 16.9 Å². The van der Waals surface area contributed by atoms with Gasteiger partial charge >= 0.3 is 19.7 Å². The van der Waals surface area contributed by atoms with Crippen molar-refractivity contribution in [3.63, 3.8) is 0 Å². The molecule has 0 aliphatic heterocycles. The average Bonchev–Trinajstić information content (AvgIpc) is 3.52. The smallest absolute Gasteiger partial charge is 0.514 e. The van der Waals surface area contributed by atoms with Gasteiger partial charge in [-0.3, -0.25) is 9.59 Å². The van der Waals surface area contributed by atoms with Crippen LogP contribution in [0.4, 0.5) is 0 Å². The van der Waals surface area contributed by atoms with E-state index in [0.29, 0.717) is 12.8 Å². The van der Waals surface area contributed by atoms with Gasteiger partial charge in [0, 0.05) is 19.8 Å². The zero-order chi connectivity index (χ0) is 38.4. The molecule has 0 aromatic carbocycles. The number of halogens is 1. The standard InChI is InChI=1S/C36H68NO5P.C7H12N2.HI/c1-3-5-7-9-11-13-15-17-19-21-23-25-27-29-31-33-35(38)41-43(37,40)42-36(39)34-32-30-28-26-24-22-20-18-16-14-12-10-8-6-4-2;1-3-5-9-6-4-8-7(9)2;/h17-20H,3-16,21-34H2,1-2H3,(H2,37,40);4,6H,3,5H2,1-2H3;1H/b19-17-,20-18-;;. The summed E-state index contributed by atoms with van der Waals surface area (Å²) in [7, 11) is -4.20. The summed E-state index contributed by atoms with van der Waals surface area (Å²) in [5, 5.41) is 0. The minimum Gasteiger partial charge on any atom is -1.00 e. The zero-order valence-electron chi connectivity index (χ0n) is 34.6. The number of imidazole rings is 1. The molecule has 0 spiro atoms. The third-order valence-electron chi connectivity index (χ3n) is 9.19. The van der Waals surface area contributed by atoms with Gasteiger partial charge < -0.3 is 33.0 Å². The number of aromatic amines is 1. The van der Waals surface area contributed by atoms with E-state index < -0.39 is 19.7 Å². The van der Waals surface area contributed by atoms with Crippen LogP contribution in [0.5, 0.6) is 0 Å². The third kappa shape index (κ3) is 38.6. The van der Waals surface area contributed by atoms with Gasteiger partial charge in [0.15, 0.2) is 0 Å². The van der Waals surface area contributed by atoms with E-state index >= 15 is 0 Å². The molecule has 1 aromatic heterocycles. The van der Waals surface area contributed by atoms with Gasteiger partial charge in [-0.05, 0) is 70.6 Å². The first-order valence-electron chi connectivity index (χ1n) is 21.4. The number of carbonyl (C=O) groups excluding carboxylic acids is 2. The lowest BCUT2D eigenvalue weighted by Gasteiger charge is -2.13. The Morgan fingerprint density at radius 1 is 0.604 bits per heavy atom. The molecule has 8 nitrogen and oxygen atoms in total. The van der Waals surface area contributed by atoms with Crippen LogP contribution >= 0.6 is 7.75 Å². The Hall–Kier alpha value is -1.45. The molecule has 53 heavy (non-hydrogen) atoms. The number of unbranched alkanes of at least 4 members (excludes halogenated alkanes) is 22. The topological polar surface area (TPSA) is 115 Å². The Bertz CT molecular complexity index is 1020. The Balaban J connectivity index is 0. The third-order valence-corrected chi connectivity index (χ3v) is 10.1. The van der Waals surface area contributed by atoms with E-state index in [0.717, 1.165) is 70.8 Å². The largest absolute Gasteiger partial charge is 1.00 e. The number of H-pyrrole nitrogens is 1. The molecule has 0 unspecified atom stereocenters. The molecule has 0 aliphatic carbocycles. The summed E-state index contributed by atoms with van der Waals surface area (Å²) in [6.45, 7) is 9.88. The van der Waals surface area contributed by atoms with Gasteiger partial charge in [-0.1, -0.05) is 148 Å². The molecule has 1 heterocycles. The van der Waals surface area contributed by atoms with Crippen molar-refractivity contribution in [1.29, 1.82) is 0 Å². The predicted octanol–water partition coefficient (Wildman–Crippen LogP) is 10.2. The number of aryl methyl sites for hydroxylation is 2. The van der Waals surface area contributed by atoms with Gasteiger partial charge in [-0.25, -0.2) is 19.6 Å². The molecule has 3 N–H and O–H groups in total. The van der Waals surface area contributed by atoms with Crippen LogP contribution in [0.15, 0.2) is 36.7 Å². The number of rotatable bonds is 34. The van der Waals surface area contributed by atoms with Crippen molar-refractivity contribution in [1.82, 2.24) is 4.98 Å². The van der Waals surface area contributed by atoms with E-state index in [9.17, 15) is 14.2 Å². The van der Waals surface area contributed by atoms with Crippen molar-refractivity contribution < 1.29 is 51.7 Å². The van der Waals surface area contributed by atoms with Gasteiger partial charge in [0.05, 0.1) is 6.54 Å². The van der Waals surface area contributed by atoms with Crippen molar-refractivity contribution in [3.05, 3.63) is 42.5 Å². The summed E-state index contributed by atoms with van der Waals surface area (Å²) in [5.74, 6) is -0.105. The van der Waals surface area contributed by atoms with E-state index in [4.69, 9.17) is 14.6 Å². The first-order valence-corrected chi connectivity index (χ1v) is 23.0. The number of carbonyl (C=O) groups is 2. The van der Waals surface area contributed by atoms with E-state index in [-0.39, 0.29) is 36.8 Å². The van der Waals surface area contributed by atoms with Crippen LogP contribution in [0.3, 0.4) is 0 Å². The second-order valence-corrected chi connectivity index (χ2v) is 15.8. The summed E-state index contributed by atoms with van der Waals surface area (Å²) >= 11 is 0. The van der Waals surface area contributed by atoms with Crippen molar-refractivity contribution >= 4 is 19.7 Å². The van der Waals surface area contributed by atoms with Crippen molar-refractivity contribution in [3.8, 4) is 0 Å². The maximum absolute atomic E-state index is 12.2. The van der Waals surface area contributed by atoms with E-state index in [1.54, 1.807) is 0 Å². The average molecular weight is 878 g/mol. The van der Waals surface area contributed by atoms with E-state index in [2.05, 4.69) is 67.7 Å². The van der Waals surface area contributed by atoms with Crippen LogP contribution in [0, 0.1) is 6.92 Å². The number of hydrogen-bond donors (Lipinski definition) is 2. The summed E-state index contributed by atoms with van der Waals surface area (Å²) < 4.78 is 24.0. The Morgan fingerprint density at radius 2 is 0.943 bits per heavy atom. The number of allylic oxidation sites excluding steroid dienone is 4. The van der Waals surface area contributed by atoms with Crippen LogP contribution < -0.4 is 34.0 Å². The quantitative estimate of drug-likeness (QED) is 0.0234. The fraction of sp³-hybridized carbons (Fsp3) is 0.791. The molecule has 0 saturated heterocycles. The lowest BCUT2D eigenvalue weighted by atomic mass is 10.1. The maximum atomic E-state index is 12.2.